The predicted octanol–water partition coefficient (Wildman–Crippen LogP) is 4.19. The summed E-state index contributed by atoms with van der Waals surface area (Å²) < 4.78 is 5.22. The number of rotatable bonds is 8. The van der Waals surface area contributed by atoms with E-state index in [1.165, 1.54) is 11.3 Å². The number of nitrogens with zero attached hydrogens (tertiary/aromatic N) is 5. The molecule has 0 saturated carbocycles. The third-order valence-corrected chi connectivity index (χ3v) is 7.49. The van der Waals surface area contributed by atoms with Gasteiger partial charge in [-0.3, -0.25) is 9.59 Å². The first-order chi connectivity index (χ1) is 17.5. The van der Waals surface area contributed by atoms with Gasteiger partial charge in [-0.1, -0.05) is 13.0 Å². The van der Waals surface area contributed by atoms with Crippen LogP contribution in [-0.4, -0.2) is 77.7 Å². The molecule has 1 atom stereocenters. The number of methoxy groups -OCH3 is 1. The fourth-order valence-electron chi connectivity index (χ4n) is 4.24. The number of carbonyl (C=O) groups excluding carboxylic acids is 2. The molecule has 0 N–H and O–H groups in total. The van der Waals surface area contributed by atoms with Crippen LogP contribution in [0.25, 0.3) is 11.3 Å². The number of hydrogen-bond donors (Lipinski definition) is 0. The van der Waals surface area contributed by atoms with Gasteiger partial charge in [0.05, 0.1) is 17.7 Å². The van der Waals surface area contributed by atoms with Crippen LogP contribution >= 0.6 is 11.3 Å². The summed E-state index contributed by atoms with van der Waals surface area (Å²) in [5.41, 5.74) is 1.78. The van der Waals surface area contributed by atoms with E-state index in [2.05, 4.69) is 15.1 Å². The second-order valence-electron chi connectivity index (χ2n) is 8.89. The van der Waals surface area contributed by atoms with Gasteiger partial charge >= 0.3 is 0 Å². The molecule has 1 aliphatic heterocycles. The molecular weight excluding hydrogens is 474 g/mol. The van der Waals surface area contributed by atoms with Crippen LogP contribution in [0.5, 0.6) is 5.75 Å². The van der Waals surface area contributed by atoms with Crippen LogP contribution in [0.15, 0.2) is 53.9 Å². The summed E-state index contributed by atoms with van der Waals surface area (Å²) in [5.74, 6) is 1.52. The molecule has 1 saturated heterocycles. The highest BCUT2D eigenvalue weighted by molar-refractivity contribution is 7.12. The van der Waals surface area contributed by atoms with Crippen molar-refractivity contribution in [1.82, 2.24) is 20.0 Å². The van der Waals surface area contributed by atoms with E-state index in [0.717, 1.165) is 42.2 Å². The summed E-state index contributed by atoms with van der Waals surface area (Å²) in [6.07, 6.45) is 1.62. The molecule has 8 nitrogen and oxygen atoms in total. The lowest BCUT2D eigenvalue weighted by Gasteiger charge is -2.30. The number of aromatic nitrogens is 2. The molecular formula is C27H33N5O3S. The molecule has 3 aromatic rings. The quantitative estimate of drug-likeness (QED) is 0.455. The van der Waals surface area contributed by atoms with E-state index in [1.54, 1.807) is 12.0 Å². The molecule has 0 spiro atoms. The fraction of sp³-hybridized carbons (Fsp3) is 0.407. The SMILES string of the molecule is CC[C@@H](C)N(CC(=O)N1CCCN(c2ccc(-c3ccc(OC)cc3)nn2)CC1)C(=O)c1cccs1. The first kappa shape index (κ1) is 25.6. The van der Waals surface area contributed by atoms with Crippen molar-refractivity contribution in [2.75, 3.05) is 44.7 Å². The monoisotopic (exact) mass is 507 g/mol. The summed E-state index contributed by atoms with van der Waals surface area (Å²) in [7, 11) is 1.64. The maximum atomic E-state index is 13.2. The number of amides is 2. The fourth-order valence-corrected chi connectivity index (χ4v) is 4.92. The lowest BCUT2D eigenvalue weighted by molar-refractivity contribution is -0.132. The van der Waals surface area contributed by atoms with Gasteiger partial charge in [-0.05, 0) is 67.6 Å². The molecule has 2 aromatic heterocycles. The second-order valence-corrected chi connectivity index (χ2v) is 9.84. The van der Waals surface area contributed by atoms with Crippen LogP contribution in [0.4, 0.5) is 5.82 Å². The van der Waals surface area contributed by atoms with Gasteiger partial charge in [-0.15, -0.1) is 21.5 Å². The van der Waals surface area contributed by atoms with Gasteiger partial charge in [0.2, 0.25) is 5.91 Å². The van der Waals surface area contributed by atoms with E-state index >= 15 is 0 Å². The highest BCUT2D eigenvalue weighted by atomic mass is 32.1. The van der Waals surface area contributed by atoms with E-state index in [-0.39, 0.29) is 24.4 Å². The smallest absolute Gasteiger partial charge is 0.264 e. The molecule has 0 aliphatic carbocycles. The first-order valence-electron chi connectivity index (χ1n) is 12.4. The van der Waals surface area contributed by atoms with Crippen LogP contribution < -0.4 is 9.64 Å². The minimum atomic E-state index is -0.0728. The number of hydrogen-bond acceptors (Lipinski definition) is 7. The van der Waals surface area contributed by atoms with Crippen molar-refractivity contribution in [2.24, 2.45) is 0 Å². The van der Waals surface area contributed by atoms with Crippen molar-refractivity contribution in [1.29, 1.82) is 0 Å². The zero-order valence-electron chi connectivity index (χ0n) is 21.1. The van der Waals surface area contributed by atoms with E-state index in [1.807, 2.05) is 72.7 Å². The van der Waals surface area contributed by atoms with Gasteiger partial charge in [-0.2, -0.15) is 0 Å². The first-order valence-corrected chi connectivity index (χ1v) is 13.2. The van der Waals surface area contributed by atoms with Gasteiger partial charge in [0.1, 0.15) is 12.3 Å². The Morgan fingerprint density at radius 2 is 1.86 bits per heavy atom. The van der Waals surface area contributed by atoms with Gasteiger partial charge < -0.3 is 19.4 Å². The molecule has 2 amide bonds. The van der Waals surface area contributed by atoms with Crippen LogP contribution in [-0.2, 0) is 4.79 Å². The van der Waals surface area contributed by atoms with E-state index < -0.39 is 0 Å². The third kappa shape index (κ3) is 6.02. The maximum Gasteiger partial charge on any atom is 0.264 e. The largest absolute Gasteiger partial charge is 0.497 e. The topological polar surface area (TPSA) is 78.9 Å². The van der Waals surface area contributed by atoms with E-state index in [9.17, 15) is 9.59 Å². The average Bonchev–Trinajstić information content (AvgIpc) is 3.35. The summed E-state index contributed by atoms with van der Waals surface area (Å²) in [6, 6.07) is 15.4. The van der Waals surface area contributed by atoms with E-state index in [0.29, 0.717) is 24.5 Å². The number of ether oxygens (including phenoxy) is 1. The Morgan fingerprint density at radius 3 is 2.50 bits per heavy atom. The van der Waals surface area contributed by atoms with E-state index in [4.69, 9.17) is 4.74 Å². The Bertz CT molecular complexity index is 1140. The second kappa shape index (κ2) is 12.0. The van der Waals surface area contributed by atoms with Gasteiger partial charge in [0.15, 0.2) is 5.82 Å². The summed E-state index contributed by atoms with van der Waals surface area (Å²) in [5, 5.41) is 10.8. The van der Waals surface area contributed by atoms with Crippen molar-refractivity contribution >= 4 is 29.0 Å². The predicted molar refractivity (Wildman–Crippen MR) is 143 cm³/mol. The molecule has 0 bridgehead atoms. The van der Waals surface area contributed by atoms with Crippen LogP contribution in [0, 0.1) is 0 Å². The van der Waals surface area contributed by atoms with Crippen molar-refractivity contribution in [2.45, 2.75) is 32.7 Å². The lowest BCUT2D eigenvalue weighted by Crippen LogP contribution is -2.47. The average molecular weight is 508 g/mol. The zero-order valence-corrected chi connectivity index (χ0v) is 21.9. The molecule has 1 fully saturated rings. The molecule has 190 valence electrons. The zero-order chi connectivity index (χ0) is 25.5. The molecule has 0 radical (unpaired) electrons. The van der Waals surface area contributed by atoms with Crippen molar-refractivity contribution < 1.29 is 14.3 Å². The summed E-state index contributed by atoms with van der Waals surface area (Å²) in [6.45, 7) is 6.85. The van der Waals surface area contributed by atoms with Crippen LogP contribution in [0.2, 0.25) is 0 Å². The van der Waals surface area contributed by atoms with Gasteiger partial charge in [-0.25, -0.2) is 0 Å². The molecule has 36 heavy (non-hydrogen) atoms. The minimum Gasteiger partial charge on any atom is -0.497 e. The van der Waals surface area contributed by atoms with Gasteiger partial charge in [0, 0.05) is 37.8 Å². The lowest BCUT2D eigenvalue weighted by atomic mass is 10.1. The molecule has 9 heteroatoms. The highest BCUT2D eigenvalue weighted by Crippen LogP contribution is 2.22. The number of thiophene rings is 1. The number of anilines is 1. The highest BCUT2D eigenvalue weighted by Gasteiger charge is 2.27. The molecule has 1 aromatic carbocycles. The van der Waals surface area contributed by atoms with Crippen LogP contribution in [0.3, 0.4) is 0 Å². The Balaban J connectivity index is 1.37. The number of carbonyl (C=O) groups is 2. The molecule has 3 heterocycles. The summed E-state index contributed by atoms with van der Waals surface area (Å²) in [4.78, 5) is 32.7. The molecule has 0 unspecified atom stereocenters. The van der Waals surface area contributed by atoms with Crippen molar-refractivity contribution in [3.8, 4) is 17.0 Å². The normalized spacial score (nSPS) is 14.8. The van der Waals surface area contributed by atoms with Crippen molar-refractivity contribution in [3.05, 3.63) is 58.8 Å². The molecule has 4 rings (SSSR count). The summed E-state index contributed by atoms with van der Waals surface area (Å²) >= 11 is 1.41. The van der Waals surface area contributed by atoms with Crippen molar-refractivity contribution in [3.63, 3.8) is 0 Å². The molecule has 1 aliphatic rings. The standard InChI is InChI=1S/C27H33N5O3S/c1-4-20(2)32(27(34)24-7-5-18-36-24)19-26(33)31-15-6-14-30(16-17-31)25-13-12-23(28-29-25)21-8-10-22(35-3)11-9-21/h5,7-13,18,20H,4,6,14-17,19H2,1-3H3/t20-/m1/s1. The Kier molecular flexibility index (Phi) is 8.53. The Hall–Kier alpha value is -3.46. The minimum absolute atomic E-state index is 0.00785. The van der Waals surface area contributed by atoms with Gasteiger partial charge in [0.25, 0.3) is 5.91 Å². The van der Waals surface area contributed by atoms with Crippen LogP contribution in [0.1, 0.15) is 36.4 Å². The third-order valence-electron chi connectivity index (χ3n) is 6.63. The number of benzene rings is 1. The maximum absolute atomic E-state index is 13.2. The Morgan fingerprint density at radius 1 is 1.06 bits per heavy atom. The Labute approximate surface area is 216 Å².